The first-order valence-electron chi connectivity index (χ1n) is 10.4. The Bertz CT molecular complexity index is 927. The van der Waals surface area contributed by atoms with E-state index in [9.17, 15) is 18.0 Å². The van der Waals surface area contributed by atoms with Crippen LogP contribution in [0.15, 0.2) is 23.1 Å². The fourth-order valence-corrected chi connectivity index (χ4v) is 4.79. The molecule has 172 valence electrons. The van der Waals surface area contributed by atoms with Gasteiger partial charge in [-0.3, -0.25) is 19.4 Å². The standard InChI is InChI=1S/C20H30ClN5O4S/c1-14(26-10-8-25(9-11-26)13-19(27)22-15-4-5-15)20(28)23-16-6-7-17(21)18(12-16)31(29,30)24(2)3/h6-7,12,14-15H,4-5,8-11,13H2,1-3H3,(H,22,27)(H,23,28). The van der Waals surface area contributed by atoms with Crippen LogP contribution in [-0.4, -0.2) is 93.2 Å². The number of hydrogen-bond acceptors (Lipinski definition) is 6. The molecule has 2 fully saturated rings. The van der Waals surface area contributed by atoms with Gasteiger partial charge in [0, 0.05) is 52.0 Å². The van der Waals surface area contributed by atoms with Gasteiger partial charge in [-0.2, -0.15) is 0 Å². The summed E-state index contributed by atoms with van der Waals surface area (Å²) in [7, 11) is -0.875. The lowest BCUT2D eigenvalue weighted by atomic mass is 10.2. The maximum absolute atomic E-state index is 12.8. The van der Waals surface area contributed by atoms with E-state index in [2.05, 4.69) is 20.4 Å². The molecule has 1 aliphatic carbocycles. The monoisotopic (exact) mass is 471 g/mol. The molecule has 1 saturated carbocycles. The molecule has 0 aromatic heterocycles. The number of benzene rings is 1. The second-order valence-electron chi connectivity index (χ2n) is 8.25. The summed E-state index contributed by atoms with van der Waals surface area (Å²) in [6.45, 7) is 4.97. The molecule has 1 heterocycles. The van der Waals surface area contributed by atoms with Gasteiger partial charge >= 0.3 is 0 Å². The van der Waals surface area contributed by atoms with Crippen molar-refractivity contribution in [2.24, 2.45) is 0 Å². The molecule has 3 rings (SSSR count). The van der Waals surface area contributed by atoms with Crippen LogP contribution < -0.4 is 10.6 Å². The molecule has 1 aromatic rings. The molecule has 0 spiro atoms. The van der Waals surface area contributed by atoms with Gasteiger partial charge in [-0.1, -0.05) is 11.6 Å². The summed E-state index contributed by atoms with van der Waals surface area (Å²) in [5.41, 5.74) is 0.372. The smallest absolute Gasteiger partial charge is 0.244 e. The van der Waals surface area contributed by atoms with Crippen molar-refractivity contribution in [1.82, 2.24) is 19.4 Å². The van der Waals surface area contributed by atoms with Gasteiger partial charge in [-0.15, -0.1) is 0 Å². The molecule has 2 N–H and O–H groups in total. The Labute approximate surface area is 188 Å². The summed E-state index contributed by atoms with van der Waals surface area (Å²) in [5, 5.41) is 5.88. The maximum atomic E-state index is 12.8. The van der Waals surface area contributed by atoms with Crippen molar-refractivity contribution in [3.8, 4) is 0 Å². The minimum atomic E-state index is -3.73. The van der Waals surface area contributed by atoms with Crippen LogP contribution in [0.2, 0.25) is 5.02 Å². The van der Waals surface area contributed by atoms with E-state index < -0.39 is 16.1 Å². The molecule has 1 saturated heterocycles. The van der Waals surface area contributed by atoms with Gasteiger partial charge in [-0.25, -0.2) is 12.7 Å². The van der Waals surface area contributed by atoms with Gasteiger partial charge in [0.2, 0.25) is 21.8 Å². The van der Waals surface area contributed by atoms with Crippen LogP contribution in [0, 0.1) is 0 Å². The Morgan fingerprint density at radius 2 is 1.84 bits per heavy atom. The van der Waals surface area contributed by atoms with E-state index in [0.29, 0.717) is 44.5 Å². The maximum Gasteiger partial charge on any atom is 0.244 e. The van der Waals surface area contributed by atoms with Gasteiger partial charge in [0.05, 0.1) is 17.6 Å². The molecule has 9 nitrogen and oxygen atoms in total. The van der Waals surface area contributed by atoms with Gasteiger partial charge in [0.15, 0.2) is 0 Å². The molecule has 1 atom stereocenters. The SMILES string of the molecule is CC(C(=O)Nc1ccc(Cl)c(S(=O)(=O)N(C)C)c1)N1CCN(CC(=O)NC2CC2)CC1. The van der Waals surface area contributed by atoms with Crippen LogP contribution in [0.3, 0.4) is 0 Å². The fourth-order valence-electron chi connectivity index (χ4n) is 3.40. The number of halogens is 1. The van der Waals surface area contributed by atoms with E-state index in [4.69, 9.17) is 11.6 Å². The Morgan fingerprint density at radius 1 is 1.19 bits per heavy atom. The summed E-state index contributed by atoms with van der Waals surface area (Å²) < 4.78 is 25.9. The molecule has 31 heavy (non-hydrogen) atoms. The Kier molecular flexibility index (Phi) is 7.59. The number of nitrogens with zero attached hydrogens (tertiary/aromatic N) is 3. The quantitative estimate of drug-likeness (QED) is 0.582. The Hall–Kier alpha value is -1.72. The first-order chi connectivity index (χ1) is 14.6. The summed E-state index contributed by atoms with van der Waals surface area (Å²) >= 11 is 6.07. The Balaban J connectivity index is 1.54. The average molecular weight is 472 g/mol. The summed E-state index contributed by atoms with van der Waals surface area (Å²) in [6, 6.07) is 4.38. The fraction of sp³-hybridized carbons (Fsp3) is 0.600. The van der Waals surface area contributed by atoms with Gasteiger partial charge in [0.1, 0.15) is 4.90 Å². The number of sulfonamides is 1. The second-order valence-corrected chi connectivity index (χ2v) is 10.8. The molecule has 0 bridgehead atoms. The minimum absolute atomic E-state index is 0.0530. The molecule has 0 radical (unpaired) electrons. The predicted octanol–water partition coefficient (Wildman–Crippen LogP) is 0.814. The van der Waals surface area contributed by atoms with E-state index in [1.807, 2.05) is 6.92 Å². The number of rotatable bonds is 8. The highest BCUT2D eigenvalue weighted by molar-refractivity contribution is 7.89. The van der Waals surface area contributed by atoms with Crippen LogP contribution in [0.1, 0.15) is 19.8 Å². The van der Waals surface area contributed by atoms with Gasteiger partial charge in [0.25, 0.3) is 0 Å². The normalized spacial score (nSPS) is 19.3. The van der Waals surface area contributed by atoms with Gasteiger partial charge < -0.3 is 10.6 Å². The molecule has 2 aliphatic rings. The number of hydrogen-bond donors (Lipinski definition) is 2. The lowest BCUT2D eigenvalue weighted by Gasteiger charge is -2.37. The van der Waals surface area contributed by atoms with E-state index >= 15 is 0 Å². The van der Waals surface area contributed by atoms with Crippen molar-refractivity contribution in [3.05, 3.63) is 23.2 Å². The van der Waals surface area contributed by atoms with Crippen LogP contribution >= 0.6 is 11.6 Å². The predicted molar refractivity (Wildman–Crippen MR) is 120 cm³/mol. The summed E-state index contributed by atoms with van der Waals surface area (Å²) in [5.74, 6) is -0.164. The van der Waals surface area contributed by atoms with Crippen molar-refractivity contribution in [2.45, 2.75) is 36.7 Å². The highest BCUT2D eigenvalue weighted by Gasteiger charge is 2.28. The highest BCUT2D eigenvalue weighted by atomic mass is 35.5. The van der Waals surface area contributed by atoms with Crippen molar-refractivity contribution < 1.29 is 18.0 Å². The lowest BCUT2D eigenvalue weighted by molar-refractivity contribution is -0.124. The zero-order valence-electron chi connectivity index (χ0n) is 18.1. The number of nitrogens with one attached hydrogen (secondary N) is 2. The molecule has 11 heteroatoms. The molecule has 2 amide bonds. The van der Waals surface area contributed by atoms with Crippen LogP contribution in [-0.2, 0) is 19.6 Å². The summed E-state index contributed by atoms with van der Waals surface area (Å²) in [6.07, 6.45) is 2.14. The van der Waals surface area contributed by atoms with E-state index in [1.165, 1.54) is 26.2 Å². The van der Waals surface area contributed by atoms with Crippen LogP contribution in [0.4, 0.5) is 5.69 Å². The molecule has 1 aromatic carbocycles. The third kappa shape index (κ3) is 6.17. The molecule has 1 aliphatic heterocycles. The minimum Gasteiger partial charge on any atom is -0.352 e. The molecular formula is C20H30ClN5O4S. The first-order valence-corrected chi connectivity index (χ1v) is 12.2. The van der Waals surface area contributed by atoms with Crippen molar-refractivity contribution in [2.75, 3.05) is 52.1 Å². The summed E-state index contributed by atoms with van der Waals surface area (Å²) in [4.78, 5) is 28.8. The third-order valence-electron chi connectivity index (χ3n) is 5.60. The average Bonchev–Trinajstić information content (AvgIpc) is 3.53. The van der Waals surface area contributed by atoms with Crippen molar-refractivity contribution in [3.63, 3.8) is 0 Å². The Morgan fingerprint density at radius 3 is 2.42 bits per heavy atom. The van der Waals surface area contributed by atoms with E-state index in [-0.39, 0.29) is 21.7 Å². The number of piperazine rings is 1. The van der Waals surface area contributed by atoms with E-state index in [0.717, 1.165) is 17.1 Å². The number of carbonyl (C=O) groups is 2. The second kappa shape index (κ2) is 9.83. The zero-order chi connectivity index (χ0) is 22.8. The highest BCUT2D eigenvalue weighted by Crippen LogP contribution is 2.27. The number of carbonyl (C=O) groups excluding carboxylic acids is 2. The lowest BCUT2D eigenvalue weighted by Crippen LogP contribution is -2.54. The third-order valence-corrected chi connectivity index (χ3v) is 7.90. The van der Waals surface area contributed by atoms with Crippen LogP contribution in [0.5, 0.6) is 0 Å². The van der Waals surface area contributed by atoms with Crippen molar-refractivity contribution in [1.29, 1.82) is 0 Å². The van der Waals surface area contributed by atoms with E-state index in [1.54, 1.807) is 6.07 Å². The largest absolute Gasteiger partial charge is 0.352 e. The topological polar surface area (TPSA) is 102 Å². The van der Waals surface area contributed by atoms with Gasteiger partial charge in [-0.05, 0) is 38.0 Å². The first kappa shape index (κ1) is 23.9. The molecule has 1 unspecified atom stereocenters. The molecular weight excluding hydrogens is 442 g/mol. The number of anilines is 1. The van der Waals surface area contributed by atoms with Crippen LogP contribution in [0.25, 0.3) is 0 Å². The number of amides is 2. The van der Waals surface area contributed by atoms with Crippen molar-refractivity contribution >= 4 is 39.1 Å². The zero-order valence-corrected chi connectivity index (χ0v) is 19.7.